The average molecular weight is 429 g/mol. The average Bonchev–Trinajstić information content (AvgIpc) is 3.38. The van der Waals surface area contributed by atoms with Crippen molar-refractivity contribution in [3.8, 4) is 0 Å². The Morgan fingerprint density at radius 2 is 1.90 bits per heavy atom. The summed E-state index contributed by atoms with van der Waals surface area (Å²) in [5, 5.41) is 20.3. The third-order valence-electron chi connectivity index (χ3n) is 5.33. The highest BCUT2D eigenvalue weighted by molar-refractivity contribution is 7.88. The molecule has 2 unspecified atom stereocenters. The first-order chi connectivity index (χ1) is 14.4. The van der Waals surface area contributed by atoms with Crippen molar-refractivity contribution in [1.82, 2.24) is 4.72 Å². The van der Waals surface area contributed by atoms with Gasteiger partial charge in [-0.15, -0.1) is 0 Å². The molecule has 1 aliphatic heterocycles. The summed E-state index contributed by atoms with van der Waals surface area (Å²) in [5.41, 5.74) is 3.02. The van der Waals surface area contributed by atoms with Crippen LogP contribution in [-0.4, -0.2) is 38.1 Å². The first kappa shape index (κ1) is 21.1. The molecule has 1 aromatic heterocycles. The van der Waals surface area contributed by atoms with Crippen molar-refractivity contribution in [2.75, 3.05) is 6.61 Å². The molecular weight excluding hydrogens is 405 g/mol. The maximum absolute atomic E-state index is 12.7. The largest absolute Gasteiger partial charge is 0.471 e. The predicted octanol–water partition coefficient (Wildman–Crippen LogP) is 2.33. The summed E-state index contributed by atoms with van der Waals surface area (Å²) >= 11 is 0. The van der Waals surface area contributed by atoms with Gasteiger partial charge in [-0.1, -0.05) is 42.5 Å². The molecule has 0 spiro atoms. The zero-order chi connectivity index (χ0) is 21.1. The fourth-order valence-corrected chi connectivity index (χ4v) is 5.18. The molecule has 1 saturated heterocycles. The Hall–Kier alpha value is -2.17. The molecule has 0 saturated carbocycles. The number of rotatable bonds is 8. The van der Waals surface area contributed by atoms with Crippen LogP contribution < -0.4 is 4.72 Å². The molecule has 3 aromatic rings. The van der Waals surface area contributed by atoms with Crippen molar-refractivity contribution < 1.29 is 27.6 Å². The quantitative estimate of drug-likeness (QED) is 0.475. The lowest BCUT2D eigenvalue weighted by molar-refractivity contribution is 0.112. The van der Waals surface area contributed by atoms with Crippen LogP contribution in [0.2, 0.25) is 0 Å². The van der Waals surface area contributed by atoms with Gasteiger partial charge in [-0.25, -0.2) is 13.1 Å². The molecule has 0 amide bonds. The molecule has 2 aromatic carbocycles. The van der Waals surface area contributed by atoms with Crippen molar-refractivity contribution in [2.45, 2.75) is 37.1 Å². The molecule has 0 radical (unpaired) electrons. The SMILES string of the molecule is O=S(=O)(Cc1ccc(C2CCCO2)cc1)NC(Cc1coc2ccccc12)B(O)O. The number of nitrogens with one attached hydrogen (secondary N) is 1. The van der Waals surface area contributed by atoms with Crippen molar-refractivity contribution >= 4 is 28.1 Å². The lowest BCUT2D eigenvalue weighted by Crippen LogP contribution is -2.48. The van der Waals surface area contributed by atoms with Gasteiger partial charge in [0.2, 0.25) is 10.0 Å². The van der Waals surface area contributed by atoms with Crippen molar-refractivity contribution in [2.24, 2.45) is 0 Å². The number of sulfonamides is 1. The van der Waals surface area contributed by atoms with Gasteiger partial charge in [-0.2, -0.15) is 0 Å². The number of ether oxygens (including phenoxy) is 1. The highest BCUT2D eigenvalue weighted by atomic mass is 32.2. The maximum Gasteiger partial charge on any atom is 0.471 e. The molecule has 7 nitrogen and oxygen atoms in total. The first-order valence-electron chi connectivity index (χ1n) is 9.93. The number of hydrogen-bond acceptors (Lipinski definition) is 6. The number of para-hydroxylation sites is 1. The molecule has 30 heavy (non-hydrogen) atoms. The van der Waals surface area contributed by atoms with Crippen LogP contribution in [0.1, 0.15) is 35.6 Å². The van der Waals surface area contributed by atoms with Crippen LogP contribution in [0.4, 0.5) is 0 Å². The van der Waals surface area contributed by atoms with E-state index < -0.39 is 23.1 Å². The minimum Gasteiger partial charge on any atom is -0.464 e. The number of benzene rings is 2. The second-order valence-electron chi connectivity index (χ2n) is 7.60. The van der Waals surface area contributed by atoms with Gasteiger partial charge >= 0.3 is 7.12 Å². The normalized spacial score (nSPS) is 18.0. The van der Waals surface area contributed by atoms with Crippen molar-refractivity contribution in [1.29, 1.82) is 0 Å². The Balaban J connectivity index is 1.44. The topological polar surface area (TPSA) is 109 Å². The highest BCUT2D eigenvalue weighted by Gasteiger charge is 2.29. The third-order valence-corrected chi connectivity index (χ3v) is 6.70. The van der Waals surface area contributed by atoms with Crippen LogP contribution in [0.25, 0.3) is 11.0 Å². The van der Waals surface area contributed by atoms with Gasteiger partial charge in [-0.3, -0.25) is 0 Å². The summed E-state index contributed by atoms with van der Waals surface area (Å²) in [5.74, 6) is -1.35. The molecule has 1 fully saturated rings. The van der Waals surface area contributed by atoms with Crippen LogP contribution in [0.15, 0.2) is 59.2 Å². The van der Waals surface area contributed by atoms with Crippen LogP contribution in [-0.2, 0) is 26.9 Å². The molecule has 0 bridgehead atoms. The summed E-state index contributed by atoms with van der Waals surface area (Å²) in [6.45, 7) is 0.752. The summed E-state index contributed by atoms with van der Waals surface area (Å²) < 4.78 is 38.9. The van der Waals surface area contributed by atoms with Gasteiger partial charge in [0.15, 0.2) is 0 Å². The van der Waals surface area contributed by atoms with Gasteiger partial charge in [0.05, 0.1) is 24.1 Å². The van der Waals surface area contributed by atoms with E-state index in [0.717, 1.165) is 30.4 Å². The van der Waals surface area contributed by atoms with Crippen LogP contribution >= 0.6 is 0 Å². The molecule has 1 aliphatic rings. The summed E-state index contributed by atoms with van der Waals surface area (Å²) in [4.78, 5) is 0. The summed E-state index contributed by atoms with van der Waals surface area (Å²) in [6, 6.07) is 14.6. The summed E-state index contributed by atoms with van der Waals surface area (Å²) in [6.07, 6.45) is 3.68. The number of furan rings is 1. The van der Waals surface area contributed by atoms with Gasteiger partial charge < -0.3 is 19.2 Å². The fourth-order valence-electron chi connectivity index (χ4n) is 3.80. The predicted molar refractivity (Wildman–Crippen MR) is 114 cm³/mol. The van der Waals surface area contributed by atoms with Crippen LogP contribution in [0.5, 0.6) is 0 Å². The van der Waals surface area contributed by atoms with E-state index in [1.165, 1.54) is 6.26 Å². The highest BCUT2D eigenvalue weighted by Crippen LogP contribution is 2.28. The molecule has 158 valence electrons. The monoisotopic (exact) mass is 429 g/mol. The van der Waals surface area contributed by atoms with Gasteiger partial charge in [-0.05, 0) is 42.0 Å². The second-order valence-corrected chi connectivity index (χ2v) is 9.36. The minimum absolute atomic E-state index is 0.0764. The van der Waals surface area contributed by atoms with E-state index in [0.29, 0.717) is 16.7 Å². The van der Waals surface area contributed by atoms with Crippen molar-refractivity contribution in [3.05, 3.63) is 71.5 Å². The van der Waals surface area contributed by atoms with E-state index in [1.54, 1.807) is 18.2 Å². The van der Waals surface area contributed by atoms with E-state index in [-0.39, 0.29) is 18.3 Å². The van der Waals surface area contributed by atoms with Crippen molar-refractivity contribution in [3.63, 3.8) is 0 Å². The minimum atomic E-state index is -3.80. The lowest BCUT2D eigenvalue weighted by atomic mass is 9.77. The molecular formula is C21H24BNO6S. The zero-order valence-electron chi connectivity index (χ0n) is 16.4. The first-order valence-corrected chi connectivity index (χ1v) is 11.6. The Morgan fingerprint density at radius 1 is 1.13 bits per heavy atom. The smallest absolute Gasteiger partial charge is 0.464 e. The van der Waals surface area contributed by atoms with E-state index in [4.69, 9.17) is 9.15 Å². The summed E-state index contributed by atoms with van der Waals surface area (Å²) in [7, 11) is -5.65. The van der Waals surface area contributed by atoms with Gasteiger partial charge in [0, 0.05) is 12.0 Å². The van der Waals surface area contributed by atoms with Crippen LogP contribution in [0, 0.1) is 0 Å². The molecule has 0 aliphatic carbocycles. The van der Waals surface area contributed by atoms with Crippen LogP contribution in [0.3, 0.4) is 0 Å². The van der Waals surface area contributed by atoms with E-state index >= 15 is 0 Å². The standard InChI is InChI=1S/C21H24BNO6S/c24-22(25)21(12-17-13-29-20-5-2-1-4-18(17)20)23-30(26,27)14-15-7-9-16(10-8-15)19-6-3-11-28-19/h1-2,4-5,7-10,13,19,21,23-25H,3,6,11-12,14H2. The van der Waals surface area contributed by atoms with E-state index in [2.05, 4.69) is 4.72 Å². The maximum atomic E-state index is 12.7. The zero-order valence-corrected chi connectivity index (χ0v) is 17.2. The Bertz CT molecular complexity index is 1090. The molecule has 4 rings (SSSR count). The molecule has 2 heterocycles. The van der Waals surface area contributed by atoms with E-state index in [1.807, 2.05) is 30.3 Å². The molecule has 2 atom stereocenters. The fraction of sp³-hybridized carbons (Fsp3) is 0.333. The number of fused-ring (bicyclic) bond motifs is 1. The Kier molecular flexibility index (Phi) is 6.26. The third kappa shape index (κ3) is 4.93. The lowest BCUT2D eigenvalue weighted by Gasteiger charge is -2.18. The second kappa shape index (κ2) is 8.91. The number of hydrogen-bond donors (Lipinski definition) is 3. The Morgan fingerprint density at radius 3 is 2.60 bits per heavy atom. The molecule has 9 heteroatoms. The van der Waals surface area contributed by atoms with Gasteiger partial charge in [0.25, 0.3) is 0 Å². The van der Waals surface area contributed by atoms with E-state index in [9.17, 15) is 18.5 Å². The van der Waals surface area contributed by atoms with Gasteiger partial charge in [0.1, 0.15) is 5.58 Å². The Labute approximate surface area is 175 Å². The molecule has 3 N–H and O–H groups in total.